The van der Waals surface area contributed by atoms with Crippen LogP contribution in [0, 0.1) is 0 Å². The maximum Gasteiger partial charge on any atom is 0.278 e. The molecule has 0 radical (unpaired) electrons. The molecule has 0 fully saturated rings. The van der Waals surface area contributed by atoms with Crippen LogP contribution in [0.1, 0.15) is 0 Å². The highest BCUT2D eigenvalue weighted by atomic mass is 35.6. The maximum atomic E-state index is 10.6. The number of rotatable bonds is 0. The first-order chi connectivity index (χ1) is 4.34. The highest BCUT2D eigenvalue weighted by molar-refractivity contribution is 7.80. The van der Waals surface area contributed by atoms with Crippen molar-refractivity contribution in [3.05, 3.63) is 0 Å². The van der Waals surface area contributed by atoms with Gasteiger partial charge < -0.3 is 5.73 Å². The van der Waals surface area contributed by atoms with Crippen LogP contribution in [-0.4, -0.2) is 14.8 Å². The summed E-state index contributed by atoms with van der Waals surface area (Å²) >= 11 is 19.7. The quantitative estimate of drug-likeness (QED) is 0.468. The lowest BCUT2D eigenvalue weighted by molar-refractivity contribution is -0.118. The van der Waals surface area contributed by atoms with Gasteiger partial charge in [0.1, 0.15) is 0 Å². The normalized spacial score (nSPS) is 10.7. The highest BCUT2D eigenvalue weighted by Gasteiger charge is 2.30. The molecule has 0 unspecified atom stereocenters. The smallest absolute Gasteiger partial charge is 0.278 e. The molecule has 7 heteroatoms. The molecule has 0 heterocycles. The summed E-state index contributed by atoms with van der Waals surface area (Å²) < 4.78 is -2.01. The minimum Gasteiger partial charge on any atom is -0.376 e. The van der Waals surface area contributed by atoms with Crippen molar-refractivity contribution in [1.82, 2.24) is 5.32 Å². The molecule has 0 rings (SSSR count). The highest BCUT2D eigenvalue weighted by Crippen LogP contribution is 2.25. The fraction of sp³-hybridized carbons (Fsp3) is 0.333. The van der Waals surface area contributed by atoms with Crippen molar-refractivity contribution in [1.29, 1.82) is 0 Å². The second-order valence-corrected chi connectivity index (χ2v) is 4.04. The second kappa shape index (κ2) is 3.57. The van der Waals surface area contributed by atoms with E-state index in [0.29, 0.717) is 0 Å². The molecule has 10 heavy (non-hydrogen) atoms. The SMILES string of the molecule is NC(=S)NC(=O)C(Cl)(Cl)Cl. The first-order valence-electron chi connectivity index (χ1n) is 2.01. The Bertz CT molecular complexity index is 166. The second-order valence-electron chi connectivity index (χ2n) is 1.32. The Kier molecular flexibility index (Phi) is 3.65. The summed E-state index contributed by atoms with van der Waals surface area (Å²) in [5, 5.41) is 1.73. The minimum atomic E-state index is -2.01. The molecule has 0 aromatic rings. The number of hydrogen-bond donors (Lipinski definition) is 2. The molecule has 58 valence electrons. The first-order valence-corrected chi connectivity index (χ1v) is 3.56. The van der Waals surface area contributed by atoms with Gasteiger partial charge in [-0.15, -0.1) is 0 Å². The maximum absolute atomic E-state index is 10.6. The first kappa shape index (κ1) is 10.2. The Hall–Kier alpha value is 0.230. The average Bonchev–Trinajstić information content (AvgIpc) is 1.60. The van der Waals surface area contributed by atoms with E-state index in [1.165, 1.54) is 0 Å². The zero-order valence-corrected chi connectivity index (χ0v) is 7.61. The molecule has 0 saturated carbocycles. The van der Waals surface area contributed by atoms with Crippen molar-refractivity contribution >= 4 is 58.0 Å². The van der Waals surface area contributed by atoms with Crippen LogP contribution in [0.15, 0.2) is 0 Å². The topological polar surface area (TPSA) is 55.1 Å². The third kappa shape index (κ3) is 4.11. The van der Waals surface area contributed by atoms with Gasteiger partial charge in [0, 0.05) is 0 Å². The fourth-order valence-electron chi connectivity index (χ4n) is 0.183. The van der Waals surface area contributed by atoms with Gasteiger partial charge in [0.25, 0.3) is 9.70 Å². The molecule has 0 atom stereocenters. The van der Waals surface area contributed by atoms with Gasteiger partial charge in [-0.2, -0.15) is 0 Å². The van der Waals surface area contributed by atoms with E-state index in [-0.39, 0.29) is 5.11 Å². The lowest BCUT2D eigenvalue weighted by Gasteiger charge is -2.08. The molecular formula is C3H3Cl3N2OS. The van der Waals surface area contributed by atoms with Gasteiger partial charge in [0.05, 0.1) is 0 Å². The van der Waals surface area contributed by atoms with Crippen molar-refractivity contribution in [3.8, 4) is 0 Å². The summed E-state index contributed by atoms with van der Waals surface area (Å²) in [6.07, 6.45) is 0. The van der Waals surface area contributed by atoms with Crippen LogP contribution in [0.5, 0.6) is 0 Å². The summed E-state index contributed by atoms with van der Waals surface area (Å²) in [7, 11) is 0. The molecule has 3 N–H and O–H groups in total. The van der Waals surface area contributed by atoms with Crippen LogP contribution < -0.4 is 11.1 Å². The van der Waals surface area contributed by atoms with Crippen LogP contribution in [0.2, 0.25) is 0 Å². The standard InChI is InChI=1S/C3H3Cl3N2OS/c4-3(5,6)1(9)8-2(7)10/h(H3,7,8,9,10). The molecule has 3 nitrogen and oxygen atoms in total. The molecule has 0 aromatic heterocycles. The summed E-state index contributed by atoms with van der Waals surface area (Å²) in [6.45, 7) is 0. The Morgan fingerprint density at radius 1 is 1.50 bits per heavy atom. The van der Waals surface area contributed by atoms with E-state index in [1.807, 2.05) is 5.32 Å². The van der Waals surface area contributed by atoms with Crippen LogP contribution in [0.25, 0.3) is 0 Å². The monoisotopic (exact) mass is 220 g/mol. The lowest BCUT2D eigenvalue weighted by atomic mass is 10.7. The molecule has 0 aromatic carbocycles. The predicted octanol–water partition coefficient (Wildman–Crippen LogP) is 0.716. The van der Waals surface area contributed by atoms with Crippen LogP contribution in [0.4, 0.5) is 0 Å². The molecular weight excluding hydrogens is 218 g/mol. The predicted molar refractivity (Wildman–Crippen MR) is 45.2 cm³/mol. The number of nitrogens with two attached hydrogens (primary N) is 1. The van der Waals surface area contributed by atoms with E-state index in [0.717, 1.165) is 0 Å². The van der Waals surface area contributed by atoms with Crippen LogP contribution in [-0.2, 0) is 4.79 Å². The zero-order valence-electron chi connectivity index (χ0n) is 4.53. The van der Waals surface area contributed by atoms with Crippen LogP contribution >= 0.6 is 47.0 Å². The number of hydrogen-bond acceptors (Lipinski definition) is 2. The van der Waals surface area contributed by atoms with E-state index in [2.05, 4.69) is 12.2 Å². The number of alkyl halides is 3. The minimum absolute atomic E-state index is 0.226. The van der Waals surface area contributed by atoms with Crippen molar-refractivity contribution in [2.45, 2.75) is 3.79 Å². The van der Waals surface area contributed by atoms with Gasteiger partial charge in [-0.05, 0) is 12.2 Å². The average molecular weight is 221 g/mol. The number of carbonyl (C=O) groups excluding carboxylic acids is 1. The Morgan fingerprint density at radius 2 is 1.90 bits per heavy atom. The number of amides is 1. The Labute approximate surface area is 77.8 Å². The van der Waals surface area contributed by atoms with Gasteiger partial charge in [-0.1, -0.05) is 34.8 Å². The van der Waals surface area contributed by atoms with Gasteiger partial charge >= 0.3 is 0 Å². The van der Waals surface area contributed by atoms with Gasteiger partial charge in [0.15, 0.2) is 5.11 Å². The van der Waals surface area contributed by atoms with Crippen molar-refractivity contribution < 1.29 is 4.79 Å². The molecule has 0 aliphatic carbocycles. The van der Waals surface area contributed by atoms with E-state index < -0.39 is 9.70 Å². The number of carbonyl (C=O) groups is 1. The van der Waals surface area contributed by atoms with E-state index in [4.69, 9.17) is 40.5 Å². The van der Waals surface area contributed by atoms with Gasteiger partial charge in [0.2, 0.25) is 0 Å². The molecule has 0 spiro atoms. The molecule has 0 aliphatic rings. The molecule has 0 aliphatic heterocycles. The Morgan fingerprint density at radius 3 is 2.00 bits per heavy atom. The molecule has 0 bridgehead atoms. The summed E-state index contributed by atoms with van der Waals surface area (Å²) in [5.41, 5.74) is 4.91. The third-order valence-corrected chi connectivity index (χ3v) is 1.11. The lowest BCUT2D eigenvalue weighted by Crippen LogP contribution is -2.41. The zero-order chi connectivity index (χ0) is 8.36. The number of halogens is 3. The van der Waals surface area contributed by atoms with E-state index >= 15 is 0 Å². The fourth-order valence-corrected chi connectivity index (χ4v) is 0.417. The summed E-state index contributed by atoms with van der Waals surface area (Å²) in [6, 6.07) is 0. The van der Waals surface area contributed by atoms with Gasteiger partial charge in [-0.3, -0.25) is 10.1 Å². The molecule has 0 saturated heterocycles. The number of nitrogens with one attached hydrogen (secondary N) is 1. The molecule has 1 amide bonds. The largest absolute Gasteiger partial charge is 0.376 e. The van der Waals surface area contributed by atoms with E-state index in [9.17, 15) is 4.79 Å². The number of thiocarbonyl (C=S) groups is 1. The van der Waals surface area contributed by atoms with Gasteiger partial charge in [-0.25, -0.2) is 0 Å². The van der Waals surface area contributed by atoms with Crippen molar-refractivity contribution in [2.24, 2.45) is 5.73 Å². The Balaban J connectivity index is 3.99. The van der Waals surface area contributed by atoms with Crippen molar-refractivity contribution in [3.63, 3.8) is 0 Å². The summed E-state index contributed by atoms with van der Waals surface area (Å²) in [5.74, 6) is -0.856. The van der Waals surface area contributed by atoms with E-state index in [1.54, 1.807) is 0 Å². The third-order valence-electron chi connectivity index (χ3n) is 0.494. The van der Waals surface area contributed by atoms with Crippen molar-refractivity contribution in [2.75, 3.05) is 0 Å². The van der Waals surface area contributed by atoms with Crippen LogP contribution in [0.3, 0.4) is 0 Å². The summed E-state index contributed by atoms with van der Waals surface area (Å²) in [4.78, 5) is 10.6.